The minimum Gasteiger partial charge on any atom is -0.327 e. The summed E-state index contributed by atoms with van der Waals surface area (Å²) in [6.45, 7) is 4.89. The van der Waals surface area contributed by atoms with Crippen molar-refractivity contribution in [2.45, 2.75) is 52.0 Å². The van der Waals surface area contributed by atoms with Crippen LogP contribution in [0.5, 0.6) is 0 Å². The summed E-state index contributed by atoms with van der Waals surface area (Å²) in [5.41, 5.74) is 7.07. The minimum absolute atomic E-state index is 0.520. The standard InChI is InChI=1S/C13H23N/c1-8-3-4-13-6-9(2)10(7-13)12(14)5-11(8)13/h8-12H,3-7,14H2,1-2H3. The van der Waals surface area contributed by atoms with Crippen LogP contribution in [0.1, 0.15) is 46.0 Å². The Labute approximate surface area is 87.4 Å². The molecule has 3 aliphatic rings. The maximum atomic E-state index is 6.32. The van der Waals surface area contributed by atoms with E-state index in [9.17, 15) is 0 Å². The van der Waals surface area contributed by atoms with Crippen LogP contribution in [-0.4, -0.2) is 6.04 Å². The van der Waals surface area contributed by atoms with Gasteiger partial charge < -0.3 is 5.73 Å². The second-order valence-corrected chi connectivity index (χ2v) is 6.43. The molecule has 3 saturated carbocycles. The van der Waals surface area contributed by atoms with Gasteiger partial charge in [0.15, 0.2) is 0 Å². The average Bonchev–Trinajstić information content (AvgIpc) is 2.60. The van der Waals surface area contributed by atoms with E-state index in [4.69, 9.17) is 5.73 Å². The zero-order valence-corrected chi connectivity index (χ0v) is 9.50. The molecule has 3 rings (SSSR count). The van der Waals surface area contributed by atoms with Crippen molar-refractivity contribution in [3.63, 3.8) is 0 Å². The molecule has 0 saturated heterocycles. The van der Waals surface area contributed by atoms with E-state index < -0.39 is 0 Å². The molecular formula is C13H23N. The molecule has 14 heavy (non-hydrogen) atoms. The molecule has 3 fully saturated rings. The second-order valence-electron chi connectivity index (χ2n) is 6.43. The quantitative estimate of drug-likeness (QED) is 0.629. The first-order valence-electron chi connectivity index (χ1n) is 6.38. The highest BCUT2D eigenvalue weighted by molar-refractivity contribution is 5.08. The van der Waals surface area contributed by atoms with E-state index in [1.807, 2.05) is 0 Å². The third-order valence-electron chi connectivity index (χ3n) is 5.75. The summed E-state index contributed by atoms with van der Waals surface area (Å²) in [4.78, 5) is 0. The molecule has 0 radical (unpaired) electrons. The van der Waals surface area contributed by atoms with Gasteiger partial charge in [0.05, 0.1) is 0 Å². The van der Waals surface area contributed by atoms with Crippen LogP contribution in [-0.2, 0) is 0 Å². The van der Waals surface area contributed by atoms with Crippen LogP contribution in [0.4, 0.5) is 0 Å². The van der Waals surface area contributed by atoms with Gasteiger partial charge in [0.25, 0.3) is 0 Å². The summed E-state index contributed by atoms with van der Waals surface area (Å²) in [5.74, 6) is 3.68. The first kappa shape index (κ1) is 9.21. The molecule has 6 unspecified atom stereocenters. The van der Waals surface area contributed by atoms with Crippen molar-refractivity contribution in [3.8, 4) is 0 Å². The van der Waals surface area contributed by atoms with Gasteiger partial charge >= 0.3 is 0 Å². The first-order chi connectivity index (χ1) is 6.62. The maximum absolute atomic E-state index is 6.32. The molecule has 2 N–H and O–H groups in total. The lowest BCUT2D eigenvalue weighted by Gasteiger charge is -2.40. The largest absolute Gasteiger partial charge is 0.327 e. The summed E-state index contributed by atoms with van der Waals surface area (Å²) < 4.78 is 0. The van der Waals surface area contributed by atoms with Crippen LogP contribution in [0, 0.1) is 29.1 Å². The zero-order chi connectivity index (χ0) is 9.92. The number of hydrogen-bond donors (Lipinski definition) is 1. The highest BCUT2D eigenvalue weighted by atomic mass is 14.7. The van der Waals surface area contributed by atoms with Crippen molar-refractivity contribution >= 4 is 0 Å². The molecule has 0 amide bonds. The van der Waals surface area contributed by atoms with Crippen LogP contribution in [0.2, 0.25) is 0 Å². The monoisotopic (exact) mass is 193 g/mol. The Balaban J connectivity index is 1.95. The van der Waals surface area contributed by atoms with E-state index in [1.54, 1.807) is 0 Å². The van der Waals surface area contributed by atoms with Crippen molar-refractivity contribution in [1.82, 2.24) is 0 Å². The molecule has 1 heteroatoms. The van der Waals surface area contributed by atoms with E-state index in [1.165, 1.54) is 32.1 Å². The third-order valence-corrected chi connectivity index (χ3v) is 5.75. The lowest BCUT2D eigenvalue weighted by molar-refractivity contribution is 0.111. The molecule has 0 aromatic rings. The van der Waals surface area contributed by atoms with Crippen molar-refractivity contribution in [2.75, 3.05) is 0 Å². The predicted molar refractivity (Wildman–Crippen MR) is 58.8 cm³/mol. The fraction of sp³-hybridized carbons (Fsp3) is 1.00. The Kier molecular flexibility index (Phi) is 1.81. The smallest absolute Gasteiger partial charge is 0.00728 e. The van der Waals surface area contributed by atoms with E-state index in [0.29, 0.717) is 6.04 Å². The van der Waals surface area contributed by atoms with Crippen LogP contribution < -0.4 is 5.73 Å². The molecule has 0 aromatic carbocycles. The van der Waals surface area contributed by atoms with E-state index in [-0.39, 0.29) is 0 Å². The summed E-state index contributed by atoms with van der Waals surface area (Å²) in [7, 11) is 0. The van der Waals surface area contributed by atoms with Crippen LogP contribution in [0.3, 0.4) is 0 Å². The normalized spacial score (nSPS) is 61.5. The lowest BCUT2D eigenvalue weighted by Crippen LogP contribution is -2.41. The Morgan fingerprint density at radius 2 is 1.93 bits per heavy atom. The summed E-state index contributed by atoms with van der Waals surface area (Å²) in [6, 6.07) is 0.520. The average molecular weight is 193 g/mol. The SMILES string of the molecule is CC1CC23CCC(C)C2CC(N)C1C3. The van der Waals surface area contributed by atoms with Gasteiger partial charge in [-0.25, -0.2) is 0 Å². The molecule has 1 nitrogen and oxygen atoms in total. The fourth-order valence-corrected chi connectivity index (χ4v) is 5.08. The Morgan fingerprint density at radius 1 is 1.14 bits per heavy atom. The topological polar surface area (TPSA) is 26.0 Å². The molecule has 80 valence electrons. The Morgan fingerprint density at radius 3 is 2.71 bits per heavy atom. The van der Waals surface area contributed by atoms with Gasteiger partial charge in [-0.15, -0.1) is 0 Å². The third kappa shape index (κ3) is 0.997. The van der Waals surface area contributed by atoms with Crippen LogP contribution in [0.15, 0.2) is 0 Å². The molecule has 0 aromatic heterocycles. The van der Waals surface area contributed by atoms with Gasteiger partial charge in [-0.3, -0.25) is 0 Å². The maximum Gasteiger partial charge on any atom is 0.00728 e. The van der Waals surface area contributed by atoms with Gasteiger partial charge in [-0.1, -0.05) is 13.8 Å². The Bertz CT molecular complexity index is 250. The molecule has 3 aliphatic carbocycles. The van der Waals surface area contributed by atoms with Gasteiger partial charge in [-0.05, 0) is 61.2 Å². The summed E-state index contributed by atoms with van der Waals surface area (Å²) in [5, 5.41) is 0. The molecule has 0 aliphatic heterocycles. The molecule has 6 atom stereocenters. The first-order valence-corrected chi connectivity index (χ1v) is 6.38. The van der Waals surface area contributed by atoms with Crippen molar-refractivity contribution in [2.24, 2.45) is 34.8 Å². The highest BCUT2D eigenvalue weighted by Gasteiger charge is 2.57. The number of rotatable bonds is 0. The number of hydrogen-bond acceptors (Lipinski definition) is 1. The van der Waals surface area contributed by atoms with E-state index >= 15 is 0 Å². The van der Waals surface area contributed by atoms with Gasteiger partial charge in [0, 0.05) is 6.04 Å². The van der Waals surface area contributed by atoms with Gasteiger partial charge in [0.2, 0.25) is 0 Å². The van der Waals surface area contributed by atoms with Crippen LogP contribution >= 0.6 is 0 Å². The van der Waals surface area contributed by atoms with E-state index in [2.05, 4.69) is 13.8 Å². The summed E-state index contributed by atoms with van der Waals surface area (Å²) >= 11 is 0. The highest BCUT2D eigenvalue weighted by Crippen LogP contribution is 2.64. The predicted octanol–water partition coefficient (Wildman–Crippen LogP) is 2.80. The summed E-state index contributed by atoms with van der Waals surface area (Å²) in [6.07, 6.45) is 7.25. The molecule has 1 spiro atoms. The van der Waals surface area contributed by atoms with Crippen molar-refractivity contribution < 1.29 is 0 Å². The zero-order valence-electron chi connectivity index (χ0n) is 9.50. The lowest BCUT2D eigenvalue weighted by atomic mass is 9.66. The molecule has 0 heterocycles. The Hall–Kier alpha value is -0.0400. The minimum atomic E-state index is 0.520. The number of nitrogens with two attached hydrogens (primary N) is 1. The number of fused-ring (bicyclic) bond motifs is 1. The molecular weight excluding hydrogens is 170 g/mol. The van der Waals surface area contributed by atoms with Crippen molar-refractivity contribution in [1.29, 1.82) is 0 Å². The second kappa shape index (κ2) is 2.75. The van der Waals surface area contributed by atoms with Gasteiger partial charge in [-0.2, -0.15) is 0 Å². The van der Waals surface area contributed by atoms with E-state index in [0.717, 1.165) is 29.1 Å². The van der Waals surface area contributed by atoms with Crippen LogP contribution in [0.25, 0.3) is 0 Å². The van der Waals surface area contributed by atoms with Crippen molar-refractivity contribution in [3.05, 3.63) is 0 Å². The molecule has 2 bridgehead atoms. The van der Waals surface area contributed by atoms with Gasteiger partial charge in [0.1, 0.15) is 0 Å². The fourth-order valence-electron chi connectivity index (χ4n) is 5.08.